The molecule has 0 spiro atoms. The third-order valence-corrected chi connectivity index (χ3v) is 6.05. The molecule has 192 valence electrons. The van der Waals surface area contributed by atoms with Crippen LogP contribution in [0, 0.1) is 0 Å². The van der Waals surface area contributed by atoms with E-state index in [0.29, 0.717) is 33.9 Å². The quantitative estimate of drug-likeness (QED) is 0.243. The van der Waals surface area contributed by atoms with Crippen molar-refractivity contribution < 1.29 is 22.7 Å². The van der Waals surface area contributed by atoms with Crippen molar-refractivity contribution in [2.45, 2.75) is 13.0 Å². The first kappa shape index (κ1) is 25.7. The van der Waals surface area contributed by atoms with Crippen LogP contribution < -0.4 is 30.1 Å². The number of rotatable bonds is 9. The molecule has 1 heterocycles. The summed E-state index contributed by atoms with van der Waals surface area (Å²) in [6.45, 7) is 1.55. The van der Waals surface area contributed by atoms with Crippen LogP contribution in [-0.4, -0.2) is 44.6 Å². The van der Waals surface area contributed by atoms with E-state index >= 15 is 0 Å². The number of benzene rings is 3. The summed E-state index contributed by atoms with van der Waals surface area (Å²) in [6, 6.07) is 17.9. The number of carbonyl (C=O) groups is 1. The molecule has 0 bridgehead atoms. The lowest BCUT2D eigenvalue weighted by molar-refractivity contribution is -0.117. The van der Waals surface area contributed by atoms with E-state index in [0.717, 1.165) is 4.31 Å². The first-order chi connectivity index (χ1) is 17.8. The second-order valence-electron chi connectivity index (χ2n) is 7.99. The molecule has 4 aromatic rings. The smallest absolute Gasteiger partial charge is 0.240 e. The fraction of sp³-hybridized carbons (Fsp3) is 0.160. The molecule has 0 aliphatic rings. The van der Waals surface area contributed by atoms with E-state index in [9.17, 15) is 13.2 Å². The van der Waals surface area contributed by atoms with Crippen LogP contribution in [0.1, 0.15) is 6.92 Å². The van der Waals surface area contributed by atoms with E-state index in [-0.39, 0.29) is 17.3 Å². The van der Waals surface area contributed by atoms with Crippen LogP contribution in [0.15, 0.2) is 66.7 Å². The Labute approximate surface area is 215 Å². The summed E-state index contributed by atoms with van der Waals surface area (Å²) in [5, 5.41) is 5.82. The average molecular weight is 523 g/mol. The van der Waals surface area contributed by atoms with Gasteiger partial charge in [-0.25, -0.2) is 22.7 Å². The highest BCUT2D eigenvalue weighted by atomic mass is 32.2. The van der Waals surface area contributed by atoms with Crippen LogP contribution >= 0.6 is 0 Å². The maximum absolute atomic E-state index is 12.6. The molecule has 1 aromatic heterocycles. The van der Waals surface area contributed by atoms with Gasteiger partial charge in [0.25, 0.3) is 0 Å². The normalized spacial score (nSPS) is 11.7. The Kier molecular flexibility index (Phi) is 7.70. The number of hydrogen-bond donors (Lipinski definition) is 4. The van der Waals surface area contributed by atoms with E-state index in [1.807, 2.05) is 6.07 Å². The fourth-order valence-corrected chi connectivity index (χ4v) is 4.11. The fourth-order valence-electron chi connectivity index (χ4n) is 3.50. The largest absolute Gasteiger partial charge is 0.497 e. The molecule has 1 atom stereocenters. The molecule has 1 amide bonds. The number of aromatic nitrogens is 2. The van der Waals surface area contributed by atoms with E-state index in [4.69, 9.17) is 15.2 Å². The maximum Gasteiger partial charge on any atom is 0.240 e. The molecule has 37 heavy (non-hydrogen) atoms. The van der Waals surface area contributed by atoms with Gasteiger partial charge in [-0.1, -0.05) is 18.2 Å². The molecule has 0 aliphatic carbocycles. The zero-order valence-corrected chi connectivity index (χ0v) is 21.2. The Morgan fingerprint density at radius 3 is 2.16 bits per heavy atom. The number of carbonyl (C=O) groups excluding carboxylic acids is 1. The summed E-state index contributed by atoms with van der Waals surface area (Å²) in [6.07, 6.45) is 0. The molecule has 0 fully saturated rings. The number of nitrogens with zero attached hydrogens (tertiary/aromatic N) is 3. The van der Waals surface area contributed by atoms with Crippen molar-refractivity contribution in [3.63, 3.8) is 0 Å². The average Bonchev–Trinajstić information content (AvgIpc) is 2.88. The van der Waals surface area contributed by atoms with Crippen molar-refractivity contribution in [3.05, 3.63) is 66.7 Å². The van der Waals surface area contributed by atoms with Gasteiger partial charge in [0.2, 0.25) is 16.8 Å². The molecule has 0 radical (unpaired) electrons. The number of nitrogens with one attached hydrogen (secondary N) is 2. The SMILES string of the molecule is COc1cc(Nc2nc3ccccc3nc2N(c2cccc(NC(=O)[C@H](C)N)c2)[SH](=O)=O)cc(OC)c1. The highest BCUT2D eigenvalue weighted by Gasteiger charge is 2.22. The molecule has 0 saturated heterocycles. The molecule has 3 aromatic carbocycles. The molecule has 0 saturated carbocycles. The van der Waals surface area contributed by atoms with Crippen molar-refractivity contribution in [1.29, 1.82) is 0 Å². The zero-order chi connectivity index (χ0) is 26.5. The maximum atomic E-state index is 12.6. The summed E-state index contributed by atoms with van der Waals surface area (Å²) >= 11 is 0. The van der Waals surface area contributed by atoms with Gasteiger partial charge >= 0.3 is 0 Å². The van der Waals surface area contributed by atoms with Crippen LogP contribution in [0.2, 0.25) is 0 Å². The molecular weight excluding hydrogens is 496 g/mol. The van der Waals surface area contributed by atoms with Gasteiger partial charge in [0, 0.05) is 29.6 Å². The van der Waals surface area contributed by atoms with Crippen LogP contribution in [0.5, 0.6) is 11.5 Å². The first-order valence-corrected chi connectivity index (χ1v) is 12.3. The summed E-state index contributed by atoms with van der Waals surface area (Å²) in [7, 11) is -0.165. The van der Waals surface area contributed by atoms with Crippen molar-refractivity contribution in [2.24, 2.45) is 5.73 Å². The third kappa shape index (κ3) is 5.88. The summed E-state index contributed by atoms with van der Waals surface area (Å²) in [5.74, 6) is 0.864. The van der Waals surface area contributed by atoms with E-state index in [2.05, 4.69) is 20.6 Å². The Balaban J connectivity index is 1.85. The molecular formula is C25H26N6O5S. The van der Waals surface area contributed by atoms with Gasteiger partial charge in [-0.3, -0.25) is 4.79 Å². The number of nitrogens with two attached hydrogens (primary N) is 1. The highest BCUT2D eigenvalue weighted by molar-refractivity contribution is 7.74. The van der Waals surface area contributed by atoms with Gasteiger partial charge in [0.15, 0.2) is 11.6 Å². The predicted molar refractivity (Wildman–Crippen MR) is 144 cm³/mol. The summed E-state index contributed by atoms with van der Waals surface area (Å²) in [5.41, 5.74) is 7.86. The van der Waals surface area contributed by atoms with Crippen LogP contribution in [0.4, 0.5) is 28.7 Å². The van der Waals surface area contributed by atoms with Crippen LogP contribution in [-0.2, 0) is 15.7 Å². The Morgan fingerprint density at radius 2 is 1.57 bits per heavy atom. The van der Waals surface area contributed by atoms with E-state index in [1.165, 1.54) is 20.3 Å². The molecule has 12 heteroatoms. The van der Waals surface area contributed by atoms with Gasteiger partial charge in [-0.15, -0.1) is 0 Å². The number of ether oxygens (including phenoxy) is 2. The number of amides is 1. The number of anilines is 5. The number of thiol groups is 1. The Bertz CT molecular complexity index is 1490. The third-order valence-electron chi connectivity index (χ3n) is 5.30. The van der Waals surface area contributed by atoms with Crippen molar-refractivity contribution in [1.82, 2.24) is 9.97 Å². The lowest BCUT2D eigenvalue weighted by Gasteiger charge is -2.21. The van der Waals surface area contributed by atoms with Crippen LogP contribution in [0.25, 0.3) is 11.0 Å². The highest BCUT2D eigenvalue weighted by Crippen LogP contribution is 2.35. The molecule has 0 aliphatic heterocycles. The standard InChI is InChI=1S/C25H26N6O5S/c1-15(26)25(32)28-16-7-6-8-18(11-16)31(37(33)34)24-23(29-21-9-4-5-10-22(21)30-24)27-17-12-19(35-2)14-20(13-17)36-3/h4-15,37H,26H2,1-3H3,(H,27,29)(H,28,32)/t15-/m0/s1. The van der Waals surface area contributed by atoms with Gasteiger partial charge in [-0.05, 0) is 37.3 Å². The Hall–Kier alpha value is -4.42. The molecule has 11 nitrogen and oxygen atoms in total. The van der Waals surface area contributed by atoms with Gasteiger partial charge in [0.05, 0.1) is 37.0 Å². The van der Waals surface area contributed by atoms with E-state index < -0.39 is 22.8 Å². The summed E-state index contributed by atoms with van der Waals surface area (Å²) in [4.78, 5) is 21.4. The number of fused-ring (bicyclic) bond motifs is 1. The van der Waals surface area contributed by atoms with Crippen molar-refractivity contribution >= 4 is 56.5 Å². The Morgan fingerprint density at radius 1 is 0.919 bits per heavy atom. The van der Waals surface area contributed by atoms with Gasteiger partial charge in [0.1, 0.15) is 11.5 Å². The van der Waals surface area contributed by atoms with Gasteiger partial charge in [-0.2, -0.15) is 0 Å². The zero-order valence-electron chi connectivity index (χ0n) is 20.3. The topological polar surface area (TPSA) is 149 Å². The minimum Gasteiger partial charge on any atom is -0.497 e. The molecule has 4 rings (SSSR count). The van der Waals surface area contributed by atoms with Crippen molar-refractivity contribution in [3.8, 4) is 11.5 Å². The minimum atomic E-state index is -3.22. The first-order valence-electron chi connectivity index (χ1n) is 11.2. The monoisotopic (exact) mass is 522 g/mol. The van der Waals surface area contributed by atoms with Crippen LogP contribution in [0.3, 0.4) is 0 Å². The van der Waals surface area contributed by atoms with Crippen molar-refractivity contribution in [2.75, 3.05) is 29.2 Å². The molecule has 4 N–H and O–H groups in total. The second kappa shape index (κ2) is 11.1. The number of para-hydroxylation sites is 2. The molecule has 0 unspecified atom stereocenters. The minimum absolute atomic E-state index is 0.0345. The lowest BCUT2D eigenvalue weighted by atomic mass is 10.2. The predicted octanol–water partition coefficient (Wildman–Crippen LogP) is 3.34. The number of methoxy groups -OCH3 is 2. The lowest BCUT2D eigenvalue weighted by Crippen LogP contribution is -2.32. The van der Waals surface area contributed by atoms with Gasteiger partial charge < -0.3 is 25.8 Å². The number of hydrogen-bond acceptors (Lipinski definition) is 9. The summed E-state index contributed by atoms with van der Waals surface area (Å²) < 4.78 is 36.9. The second-order valence-corrected chi connectivity index (χ2v) is 8.86. The van der Waals surface area contributed by atoms with E-state index in [1.54, 1.807) is 61.5 Å².